The van der Waals surface area contributed by atoms with Crippen LogP contribution in [0.1, 0.15) is 5.56 Å². The zero-order valence-electron chi connectivity index (χ0n) is 20.6. The van der Waals surface area contributed by atoms with Crippen LogP contribution in [0.3, 0.4) is 0 Å². The maximum Gasteiger partial charge on any atom is 0.573 e. The molecule has 0 unspecified atom stereocenters. The number of thioether (sulfide) groups is 1. The van der Waals surface area contributed by atoms with Crippen molar-refractivity contribution >= 4 is 66.3 Å². The molecule has 0 aliphatic heterocycles. The minimum Gasteiger partial charge on any atom is -0.406 e. The number of H-pyrrole nitrogens is 1. The number of carbonyl (C=O) groups is 1. The molecule has 0 fully saturated rings. The molecule has 3 aromatic heterocycles. The van der Waals surface area contributed by atoms with Crippen LogP contribution in [0, 0.1) is 6.92 Å². The topological polar surface area (TPSA) is 102 Å². The first kappa shape index (κ1) is 25.9. The molecule has 0 bridgehead atoms. The zero-order valence-corrected chi connectivity index (χ0v) is 22.2. The van der Waals surface area contributed by atoms with Crippen molar-refractivity contribution < 1.29 is 22.7 Å². The third kappa shape index (κ3) is 5.12. The van der Waals surface area contributed by atoms with Crippen LogP contribution in [0.2, 0.25) is 0 Å². The standard InChI is InChI=1S/C27H18F3N5O3S2/c1-14-6-11-19-20(12-14)40-25(32-19)33-21(36)13-39-26-34-22-17-4-2-3-5-18(17)31-23(22)24(37)35(26)15-7-9-16(10-8-15)38-27(28,29)30/h2-12,31H,13H2,1H3,(H,32,33,36). The Morgan fingerprint density at radius 3 is 2.65 bits per heavy atom. The van der Waals surface area contributed by atoms with Gasteiger partial charge in [0.25, 0.3) is 5.56 Å². The first-order valence-electron chi connectivity index (χ1n) is 11.8. The molecule has 6 aromatic rings. The second-order valence-electron chi connectivity index (χ2n) is 8.80. The number of halogens is 3. The summed E-state index contributed by atoms with van der Waals surface area (Å²) in [6, 6.07) is 18.0. The first-order valence-corrected chi connectivity index (χ1v) is 13.6. The highest BCUT2D eigenvalue weighted by atomic mass is 32.2. The van der Waals surface area contributed by atoms with Crippen molar-refractivity contribution in [2.45, 2.75) is 18.4 Å². The van der Waals surface area contributed by atoms with Crippen LogP contribution in [-0.4, -0.2) is 37.5 Å². The summed E-state index contributed by atoms with van der Waals surface area (Å²) in [5.41, 5.74) is 3.02. The predicted octanol–water partition coefficient (Wildman–Crippen LogP) is 6.41. The Hall–Kier alpha value is -4.36. The molecule has 0 radical (unpaired) electrons. The van der Waals surface area contributed by atoms with Gasteiger partial charge >= 0.3 is 6.36 Å². The van der Waals surface area contributed by atoms with Gasteiger partial charge in [0.05, 0.1) is 21.7 Å². The van der Waals surface area contributed by atoms with E-state index in [1.165, 1.54) is 28.0 Å². The molecule has 2 N–H and O–H groups in total. The SMILES string of the molecule is Cc1ccc2nc(NC(=O)CSc3nc4c([nH]c5ccccc54)c(=O)n3-c3ccc(OC(F)(F)F)cc3)sc2c1. The lowest BCUT2D eigenvalue weighted by Gasteiger charge is -2.13. The summed E-state index contributed by atoms with van der Waals surface area (Å²) in [5.74, 6) is -0.872. The van der Waals surface area contributed by atoms with E-state index in [4.69, 9.17) is 4.98 Å². The average Bonchev–Trinajstić information content (AvgIpc) is 3.48. The molecule has 0 saturated carbocycles. The second kappa shape index (κ2) is 9.99. The number of rotatable bonds is 6. The summed E-state index contributed by atoms with van der Waals surface area (Å²) in [6.07, 6.45) is -4.85. The van der Waals surface area contributed by atoms with Gasteiger partial charge in [-0.2, -0.15) is 0 Å². The fourth-order valence-corrected chi connectivity index (χ4v) is 6.02. The monoisotopic (exact) mass is 581 g/mol. The van der Waals surface area contributed by atoms with Crippen LogP contribution >= 0.6 is 23.1 Å². The fourth-order valence-electron chi connectivity index (χ4n) is 4.23. The lowest BCUT2D eigenvalue weighted by molar-refractivity contribution is -0.274. The summed E-state index contributed by atoms with van der Waals surface area (Å²) in [7, 11) is 0. The van der Waals surface area contributed by atoms with E-state index in [9.17, 15) is 22.8 Å². The predicted molar refractivity (Wildman–Crippen MR) is 150 cm³/mol. The average molecular weight is 582 g/mol. The van der Waals surface area contributed by atoms with Gasteiger partial charge in [-0.3, -0.25) is 14.2 Å². The van der Waals surface area contributed by atoms with Crippen molar-refractivity contribution in [1.29, 1.82) is 0 Å². The van der Waals surface area contributed by atoms with E-state index in [1.807, 2.05) is 49.4 Å². The van der Waals surface area contributed by atoms with Gasteiger partial charge in [-0.25, -0.2) is 9.97 Å². The quantitative estimate of drug-likeness (QED) is 0.174. The van der Waals surface area contributed by atoms with Crippen LogP contribution < -0.4 is 15.6 Å². The molecule has 0 aliphatic carbocycles. The highest BCUT2D eigenvalue weighted by Gasteiger charge is 2.31. The molecule has 13 heteroatoms. The van der Waals surface area contributed by atoms with Gasteiger partial charge in [0.1, 0.15) is 16.8 Å². The van der Waals surface area contributed by atoms with E-state index < -0.39 is 17.7 Å². The van der Waals surface area contributed by atoms with Gasteiger partial charge in [0.15, 0.2) is 10.3 Å². The van der Waals surface area contributed by atoms with Gasteiger partial charge in [0.2, 0.25) is 5.91 Å². The van der Waals surface area contributed by atoms with Crippen molar-refractivity contribution in [2.24, 2.45) is 0 Å². The number of nitrogens with one attached hydrogen (secondary N) is 2. The van der Waals surface area contributed by atoms with Crippen molar-refractivity contribution in [3.05, 3.63) is 82.6 Å². The van der Waals surface area contributed by atoms with Crippen LogP contribution in [-0.2, 0) is 4.79 Å². The summed E-state index contributed by atoms with van der Waals surface area (Å²) in [4.78, 5) is 38.7. The summed E-state index contributed by atoms with van der Waals surface area (Å²) >= 11 is 2.38. The number of aryl methyl sites for hydroxylation is 1. The Morgan fingerprint density at radius 1 is 1.10 bits per heavy atom. The third-order valence-electron chi connectivity index (χ3n) is 5.95. The molecule has 0 saturated heterocycles. The molecular formula is C27H18F3N5O3S2. The number of nitrogens with zero attached hydrogens (tertiary/aromatic N) is 3. The maximum absolute atomic E-state index is 13.7. The Labute approximate surface area is 231 Å². The number of para-hydroxylation sites is 1. The smallest absolute Gasteiger partial charge is 0.406 e. The third-order valence-corrected chi connectivity index (χ3v) is 7.82. The molecular weight excluding hydrogens is 563 g/mol. The second-order valence-corrected chi connectivity index (χ2v) is 10.8. The first-order chi connectivity index (χ1) is 19.1. The summed E-state index contributed by atoms with van der Waals surface area (Å²) in [5, 5.41) is 4.16. The van der Waals surface area contributed by atoms with Crippen molar-refractivity contribution in [3.8, 4) is 11.4 Å². The molecule has 40 heavy (non-hydrogen) atoms. The van der Waals surface area contributed by atoms with E-state index in [-0.39, 0.29) is 28.0 Å². The largest absolute Gasteiger partial charge is 0.573 e. The van der Waals surface area contributed by atoms with E-state index >= 15 is 0 Å². The maximum atomic E-state index is 13.7. The van der Waals surface area contributed by atoms with Crippen molar-refractivity contribution in [2.75, 3.05) is 11.1 Å². The Balaban J connectivity index is 1.34. The minimum atomic E-state index is -4.85. The van der Waals surface area contributed by atoms with Crippen LogP contribution in [0.25, 0.3) is 37.8 Å². The van der Waals surface area contributed by atoms with Crippen molar-refractivity contribution in [1.82, 2.24) is 19.5 Å². The number of aromatic amines is 1. The number of ether oxygens (including phenoxy) is 1. The molecule has 0 aliphatic rings. The van der Waals surface area contributed by atoms with E-state index in [0.717, 1.165) is 45.1 Å². The minimum absolute atomic E-state index is 0.0927. The van der Waals surface area contributed by atoms with Crippen LogP contribution in [0.5, 0.6) is 5.75 Å². The number of amides is 1. The lowest BCUT2D eigenvalue weighted by atomic mass is 10.2. The van der Waals surface area contributed by atoms with Gasteiger partial charge in [0, 0.05) is 10.9 Å². The zero-order chi connectivity index (χ0) is 28.0. The molecule has 3 aromatic carbocycles. The van der Waals surface area contributed by atoms with Gasteiger partial charge in [-0.1, -0.05) is 47.4 Å². The number of aromatic nitrogens is 4. The van der Waals surface area contributed by atoms with Crippen LogP contribution in [0.15, 0.2) is 76.7 Å². The number of thiazole rings is 1. The molecule has 1 amide bonds. The number of benzene rings is 3. The number of fused-ring (bicyclic) bond motifs is 4. The number of carbonyl (C=O) groups excluding carboxylic acids is 1. The Kier molecular flexibility index (Phi) is 6.47. The number of anilines is 1. The van der Waals surface area contributed by atoms with Gasteiger partial charge in [-0.15, -0.1) is 13.2 Å². The molecule has 6 rings (SSSR count). The number of alkyl halides is 3. The highest BCUT2D eigenvalue weighted by Crippen LogP contribution is 2.30. The lowest BCUT2D eigenvalue weighted by Crippen LogP contribution is -2.23. The van der Waals surface area contributed by atoms with Crippen LogP contribution in [0.4, 0.5) is 18.3 Å². The molecule has 202 valence electrons. The van der Waals surface area contributed by atoms with E-state index in [0.29, 0.717) is 16.2 Å². The number of hydrogen-bond donors (Lipinski definition) is 2. The number of hydrogen-bond acceptors (Lipinski definition) is 7. The van der Waals surface area contributed by atoms with E-state index in [1.54, 1.807) is 0 Å². The van der Waals surface area contributed by atoms with E-state index in [2.05, 4.69) is 20.0 Å². The molecule has 8 nitrogen and oxygen atoms in total. The van der Waals surface area contributed by atoms with Crippen molar-refractivity contribution in [3.63, 3.8) is 0 Å². The van der Waals surface area contributed by atoms with Gasteiger partial charge in [-0.05, 0) is 55.0 Å². The molecule has 0 spiro atoms. The Morgan fingerprint density at radius 2 is 1.88 bits per heavy atom. The fraction of sp³-hybridized carbons (Fsp3) is 0.111. The normalized spacial score (nSPS) is 11.9. The molecule has 0 atom stereocenters. The summed E-state index contributed by atoms with van der Waals surface area (Å²) in [6.45, 7) is 1.97. The molecule has 3 heterocycles. The van der Waals surface area contributed by atoms with Gasteiger partial charge < -0.3 is 15.0 Å². The summed E-state index contributed by atoms with van der Waals surface area (Å²) < 4.78 is 44.1. The highest BCUT2D eigenvalue weighted by molar-refractivity contribution is 7.99. The Bertz CT molecular complexity index is 1960.